The number of sulfone groups is 1. The molecule has 1 aromatic carbocycles. The Morgan fingerprint density at radius 1 is 1.33 bits per heavy atom. The van der Waals surface area contributed by atoms with Crippen LogP contribution in [0.15, 0.2) is 23.1 Å². The number of benzene rings is 1. The number of thioether (sulfide) groups is 1. The summed E-state index contributed by atoms with van der Waals surface area (Å²) in [6, 6.07) is 5.44. The summed E-state index contributed by atoms with van der Waals surface area (Å²) in [5.41, 5.74) is 6.49. The minimum absolute atomic E-state index is 0.173. The summed E-state index contributed by atoms with van der Waals surface area (Å²) in [6.07, 6.45) is 0. The maximum atomic E-state index is 11.4. The van der Waals surface area contributed by atoms with E-state index in [1.54, 1.807) is 13.0 Å². The first-order valence-electron chi connectivity index (χ1n) is 5.84. The summed E-state index contributed by atoms with van der Waals surface area (Å²) in [5, 5.41) is 0. The minimum Gasteiger partial charge on any atom is -0.494 e. The van der Waals surface area contributed by atoms with E-state index < -0.39 is 9.84 Å². The molecule has 0 unspecified atom stereocenters. The Hall–Kier alpha value is -0.880. The minimum atomic E-state index is -2.92. The van der Waals surface area contributed by atoms with Crippen LogP contribution < -0.4 is 10.5 Å². The topological polar surface area (TPSA) is 69.4 Å². The molecule has 0 radical (unpaired) electrons. The molecule has 0 atom stereocenters. The zero-order valence-electron chi connectivity index (χ0n) is 10.7. The first-order valence-corrected chi connectivity index (χ1v) is 8.64. The quantitative estimate of drug-likeness (QED) is 0.615. The van der Waals surface area contributed by atoms with Crippen molar-refractivity contribution in [3.05, 3.63) is 18.2 Å². The Morgan fingerprint density at radius 2 is 2.06 bits per heavy atom. The Morgan fingerprint density at radius 3 is 2.67 bits per heavy atom. The molecule has 0 saturated heterocycles. The Labute approximate surface area is 113 Å². The van der Waals surface area contributed by atoms with Crippen molar-refractivity contribution in [2.24, 2.45) is 0 Å². The second-order valence-corrected chi connectivity index (χ2v) is 7.33. The standard InChI is InChI=1S/C12H19NO3S2/c1-3-16-10-5-6-11(13)12(9-10)17-7-8-18(14,15)4-2/h5-6,9H,3-4,7-8,13H2,1-2H3. The third-order valence-corrected chi connectivity index (χ3v) is 5.42. The third-order valence-electron chi connectivity index (χ3n) is 2.39. The summed E-state index contributed by atoms with van der Waals surface area (Å²) in [5.74, 6) is 1.62. The molecule has 0 bridgehead atoms. The van der Waals surface area contributed by atoms with E-state index >= 15 is 0 Å². The van der Waals surface area contributed by atoms with Crippen LogP contribution in [0.1, 0.15) is 13.8 Å². The van der Waals surface area contributed by atoms with Crippen molar-refractivity contribution in [2.75, 3.05) is 29.6 Å². The highest BCUT2D eigenvalue weighted by atomic mass is 32.2. The average molecular weight is 289 g/mol. The van der Waals surface area contributed by atoms with Gasteiger partial charge in [-0.3, -0.25) is 0 Å². The second-order valence-electron chi connectivity index (χ2n) is 3.72. The molecule has 0 aromatic heterocycles. The molecular formula is C12H19NO3S2. The smallest absolute Gasteiger partial charge is 0.150 e. The Bertz CT molecular complexity index is 486. The average Bonchev–Trinajstić information content (AvgIpc) is 2.33. The van der Waals surface area contributed by atoms with Gasteiger partial charge in [0.2, 0.25) is 0 Å². The van der Waals surface area contributed by atoms with Crippen LogP contribution in [0.4, 0.5) is 5.69 Å². The van der Waals surface area contributed by atoms with Gasteiger partial charge in [0.05, 0.1) is 12.4 Å². The van der Waals surface area contributed by atoms with Crippen LogP contribution in [0.3, 0.4) is 0 Å². The number of anilines is 1. The van der Waals surface area contributed by atoms with E-state index in [9.17, 15) is 8.42 Å². The van der Waals surface area contributed by atoms with E-state index in [0.717, 1.165) is 10.6 Å². The molecule has 2 N–H and O–H groups in total. The molecule has 0 saturated carbocycles. The van der Waals surface area contributed by atoms with E-state index in [1.807, 2.05) is 19.1 Å². The summed E-state index contributed by atoms with van der Waals surface area (Å²) in [7, 11) is -2.92. The Kier molecular flexibility index (Phi) is 5.81. The van der Waals surface area contributed by atoms with Gasteiger partial charge in [-0.1, -0.05) is 6.92 Å². The predicted molar refractivity (Wildman–Crippen MR) is 77.1 cm³/mol. The lowest BCUT2D eigenvalue weighted by atomic mass is 10.3. The highest BCUT2D eigenvalue weighted by molar-refractivity contribution is 8.00. The van der Waals surface area contributed by atoms with Gasteiger partial charge in [-0.2, -0.15) is 0 Å². The molecule has 0 heterocycles. The summed E-state index contributed by atoms with van der Waals surface area (Å²) in [4.78, 5) is 0.868. The molecule has 1 rings (SSSR count). The highest BCUT2D eigenvalue weighted by Gasteiger charge is 2.09. The number of nitrogen functional groups attached to an aromatic ring is 1. The van der Waals surface area contributed by atoms with Gasteiger partial charge in [0.1, 0.15) is 5.75 Å². The molecule has 0 aliphatic rings. The molecule has 102 valence electrons. The van der Waals surface area contributed by atoms with Crippen molar-refractivity contribution in [1.29, 1.82) is 0 Å². The first kappa shape index (κ1) is 15.2. The van der Waals surface area contributed by atoms with Crippen molar-refractivity contribution < 1.29 is 13.2 Å². The molecule has 0 aliphatic carbocycles. The normalized spacial score (nSPS) is 11.4. The van der Waals surface area contributed by atoms with Gasteiger partial charge >= 0.3 is 0 Å². The SMILES string of the molecule is CCOc1ccc(N)c(SCCS(=O)(=O)CC)c1. The summed E-state index contributed by atoms with van der Waals surface area (Å²) < 4.78 is 28.1. The molecule has 18 heavy (non-hydrogen) atoms. The number of hydrogen-bond donors (Lipinski definition) is 1. The van der Waals surface area contributed by atoms with Crippen molar-refractivity contribution >= 4 is 27.3 Å². The number of ether oxygens (including phenoxy) is 1. The first-order chi connectivity index (χ1) is 8.48. The van der Waals surface area contributed by atoms with E-state index in [4.69, 9.17) is 10.5 Å². The maximum Gasteiger partial charge on any atom is 0.150 e. The summed E-state index contributed by atoms with van der Waals surface area (Å²) in [6.45, 7) is 4.17. The van der Waals surface area contributed by atoms with Crippen LogP contribution in [0, 0.1) is 0 Å². The van der Waals surface area contributed by atoms with Crippen molar-refractivity contribution in [3.8, 4) is 5.75 Å². The van der Waals surface area contributed by atoms with Crippen molar-refractivity contribution in [3.63, 3.8) is 0 Å². The van der Waals surface area contributed by atoms with Crippen molar-refractivity contribution in [1.82, 2.24) is 0 Å². The number of hydrogen-bond acceptors (Lipinski definition) is 5. The molecule has 0 amide bonds. The van der Waals surface area contributed by atoms with Gasteiger partial charge in [-0.25, -0.2) is 8.42 Å². The lowest BCUT2D eigenvalue weighted by Crippen LogP contribution is -2.10. The van der Waals surface area contributed by atoms with E-state index in [2.05, 4.69) is 0 Å². The summed E-state index contributed by atoms with van der Waals surface area (Å²) >= 11 is 1.45. The van der Waals surface area contributed by atoms with Crippen LogP contribution in [0.5, 0.6) is 5.75 Å². The molecule has 1 aromatic rings. The van der Waals surface area contributed by atoms with Crippen molar-refractivity contribution in [2.45, 2.75) is 18.7 Å². The fourth-order valence-electron chi connectivity index (χ4n) is 1.32. The van der Waals surface area contributed by atoms with Gasteiger partial charge in [0, 0.05) is 22.1 Å². The largest absolute Gasteiger partial charge is 0.494 e. The van der Waals surface area contributed by atoms with Crippen LogP contribution in [-0.4, -0.2) is 32.3 Å². The lowest BCUT2D eigenvalue weighted by molar-refractivity contribution is 0.339. The highest BCUT2D eigenvalue weighted by Crippen LogP contribution is 2.29. The molecule has 0 fully saturated rings. The van der Waals surface area contributed by atoms with E-state index in [0.29, 0.717) is 18.0 Å². The number of nitrogens with two attached hydrogens (primary N) is 1. The molecule has 0 spiro atoms. The molecule has 6 heteroatoms. The molecule has 4 nitrogen and oxygen atoms in total. The molecule has 0 aliphatic heterocycles. The Balaban J connectivity index is 2.64. The van der Waals surface area contributed by atoms with Gasteiger partial charge in [-0.15, -0.1) is 11.8 Å². The second kappa shape index (κ2) is 6.89. The van der Waals surface area contributed by atoms with E-state index in [1.165, 1.54) is 11.8 Å². The van der Waals surface area contributed by atoms with Crippen LogP contribution in [0.25, 0.3) is 0 Å². The predicted octanol–water partition coefficient (Wildman–Crippen LogP) is 2.19. The molecular weight excluding hydrogens is 270 g/mol. The van der Waals surface area contributed by atoms with Gasteiger partial charge in [0.15, 0.2) is 9.84 Å². The monoisotopic (exact) mass is 289 g/mol. The van der Waals surface area contributed by atoms with Crippen LogP contribution in [0.2, 0.25) is 0 Å². The van der Waals surface area contributed by atoms with Gasteiger partial charge in [-0.05, 0) is 25.1 Å². The van der Waals surface area contributed by atoms with Gasteiger partial charge in [0.25, 0.3) is 0 Å². The fraction of sp³-hybridized carbons (Fsp3) is 0.500. The number of rotatable bonds is 7. The maximum absolute atomic E-state index is 11.4. The third kappa shape index (κ3) is 4.78. The zero-order valence-corrected chi connectivity index (χ0v) is 12.3. The lowest BCUT2D eigenvalue weighted by Gasteiger charge is -2.09. The van der Waals surface area contributed by atoms with E-state index in [-0.39, 0.29) is 11.5 Å². The van der Waals surface area contributed by atoms with Crippen LogP contribution in [-0.2, 0) is 9.84 Å². The van der Waals surface area contributed by atoms with Gasteiger partial charge < -0.3 is 10.5 Å². The fourth-order valence-corrected chi connectivity index (χ4v) is 3.61. The zero-order chi connectivity index (χ0) is 13.6. The van der Waals surface area contributed by atoms with Crippen LogP contribution >= 0.6 is 11.8 Å².